The van der Waals surface area contributed by atoms with Gasteiger partial charge in [0.2, 0.25) is 0 Å². The molecule has 342 valence electrons. The van der Waals surface area contributed by atoms with Crippen LogP contribution in [0.15, 0.2) is 91.0 Å². The molecule has 3 aromatic carbocycles. The zero-order chi connectivity index (χ0) is 43.6. The van der Waals surface area contributed by atoms with Gasteiger partial charge in [0.25, 0.3) is 20.2 Å². The predicted molar refractivity (Wildman–Crippen MR) is 227 cm³/mol. The maximum atomic E-state index is 10.6. The minimum absolute atomic E-state index is 0.0179. The second kappa shape index (κ2) is 28.7. The highest BCUT2D eigenvalue weighted by Gasteiger charge is 2.25. The summed E-state index contributed by atoms with van der Waals surface area (Å²) in [5, 5.41) is 9.12. The normalized spacial score (nSPS) is 23.2. The molecule has 3 heterocycles. The first kappa shape index (κ1) is 50.8. The third kappa shape index (κ3) is 22.9. The summed E-state index contributed by atoms with van der Waals surface area (Å²) in [6, 6.07) is 29.7. The largest absolute Gasteiger partial charge is 0.388 e. The molecule has 0 unspecified atom stereocenters. The van der Waals surface area contributed by atoms with E-state index >= 15 is 0 Å². The van der Waals surface area contributed by atoms with Crippen LogP contribution < -0.4 is 0 Å². The van der Waals surface area contributed by atoms with Gasteiger partial charge < -0.3 is 43.0 Å². The minimum atomic E-state index is -3.34. The summed E-state index contributed by atoms with van der Waals surface area (Å²) in [5.41, 5.74) is 3.10. The molecule has 0 amide bonds. The van der Waals surface area contributed by atoms with Crippen LogP contribution in [-0.4, -0.2) is 119 Å². The molecule has 15 nitrogen and oxygen atoms in total. The maximum Gasteiger partial charge on any atom is 0.264 e. The quantitative estimate of drug-likeness (QED) is 0.0916. The number of rotatable bonds is 21. The molecule has 3 fully saturated rings. The van der Waals surface area contributed by atoms with E-state index < -0.39 is 26.3 Å². The lowest BCUT2D eigenvalue weighted by Crippen LogP contribution is -2.34. The zero-order valence-electron chi connectivity index (χ0n) is 35.3. The van der Waals surface area contributed by atoms with E-state index in [4.69, 9.17) is 43.0 Å². The first-order chi connectivity index (χ1) is 29.4. The fourth-order valence-electron chi connectivity index (χ4n) is 6.10. The van der Waals surface area contributed by atoms with E-state index in [1.165, 1.54) is 0 Å². The Morgan fingerprint density at radius 1 is 0.443 bits per heavy atom. The summed E-state index contributed by atoms with van der Waals surface area (Å²) in [5.74, 6) is 0. The van der Waals surface area contributed by atoms with E-state index in [1.54, 1.807) is 0 Å². The average Bonchev–Trinajstić information content (AvgIpc) is 3.27. The van der Waals surface area contributed by atoms with Gasteiger partial charge in [-0.1, -0.05) is 117 Å². The van der Waals surface area contributed by atoms with Gasteiger partial charge in [0, 0.05) is 29.9 Å². The third-order valence-corrected chi connectivity index (χ3v) is 10.4. The van der Waals surface area contributed by atoms with Crippen molar-refractivity contribution in [1.29, 1.82) is 0 Å². The molecule has 17 heteroatoms. The second-order valence-electron chi connectivity index (χ2n) is 14.7. The van der Waals surface area contributed by atoms with E-state index in [-0.39, 0.29) is 44.3 Å². The van der Waals surface area contributed by atoms with Crippen LogP contribution in [0.2, 0.25) is 0 Å². The van der Waals surface area contributed by atoms with Gasteiger partial charge in [-0.15, -0.1) is 0 Å². The van der Waals surface area contributed by atoms with E-state index in [2.05, 4.69) is 8.37 Å². The molecule has 0 saturated carbocycles. The molecule has 3 saturated heterocycles. The van der Waals surface area contributed by atoms with Crippen LogP contribution in [0.1, 0.15) is 86.9 Å². The Morgan fingerprint density at radius 3 is 1.02 bits per heavy atom. The van der Waals surface area contributed by atoms with Crippen LogP contribution in [0, 0.1) is 0 Å². The van der Waals surface area contributed by atoms with Crippen molar-refractivity contribution < 1.29 is 68.2 Å². The number of hydrogen-bond acceptors (Lipinski definition) is 15. The molecule has 0 aliphatic carbocycles. The van der Waals surface area contributed by atoms with Crippen molar-refractivity contribution >= 4 is 20.2 Å². The van der Waals surface area contributed by atoms with Crippen molar-refractivity contribution in [3.63, 3.8) is 0 Å². The smallest absolute Gasteiger partial charge is 0.264 e. The molecule has 0 spiro atoms. The summed E-state index contributed by atoms with van der Waals surface area (Å²) < 4.78 is 96.9. The highest BCUT2D eigenvalue weighted by atomic mass is 32.2. The van der Waals surface area contributed by atoms with Gasteiger partial charge in [0.15, 0.2) is 18.9 Å². The Hall–Kier alpha value is -2.88. The summed E-state index contributed by atoms with van der Waals surface area (Å²) in [6.07, 6.45) is 7.83. The molecule has 0 aromatic heterocycles. The van der Waals surface area contributed by atoms with E-state index in [0.29, 0.717) is 52.5 Å². The van der Waals surface area contributed by atoms with Gasteiger partial charge in [0.1, 0.15) is 18.3 Å². The summed E-state index contributed by atoms with van der Waals surface area (Å²) in [4.78, 5) is 0. The molecule has 61 heavy (non-hydrogen) atoms. The Kier molecular flexibility index (Phi) is 23.9. The van der Waals surface area contributed by atoms with Gasteiger partial charge in [-0.3, -0.25) is 8.37 Å². The molecular weight excluding hydrogens is 833 g/mol. The first-order valence-electron chi connectivity index (χ1n) is 20.9. The first-order valence-corrected chi connectivity index (χ1v) is 24.5. The standard InChI is InChI=1S/C26H34O6.C10H12O3.C8H18O6S2/c1(9-15-27-23-17-29-25(30-18-23)21-11-5-3-6-12-21)2-10-16-28-24-19-31-26(32-20-24)22-13-7-4-8-14-22;11-9-6-12-10(13-7-9)8-4-2-1-3-5-8;1-15(9,10)13-7-5-3-4-6-8-14-16(2,11)12/h3-8,11-14,23-26H,1-2,9-10,15-20H2;1-5,9-11H,6-7H2;3-8H2,1-2H3. The molecule has 0 atom stereocenters. The Balaban J connectivity index is 0.000000234. The SMILES string of the molecule is CS(=O)(=O)OCCCCCCOS(C)(=O)=O.OC1COC(c2ccccc2)OC1.c1ccc(C2OCC(OCCCCCCOC3COC(c4ccccc4)OC3)CO2)cc1. The topological polar surface area (TPSA) is 181 Å². The van der Waals surface area contributed by atoms with Gasteiger partial charge in [0.05, 0.1) is 65.4 Å². The lowest BCUT2D eigenvalue weighted by molar-refractivity contribution is -0.231. The Labute approximate surface area is 362 Å². The second-order valence-corrected chi connectivity index (χ2v) is 18.0. The van der Waals surface area contributed by atoms with Crippen molar-refractivity contribution in [3.8, 4) is 0 Å². The molecule has 0 bridgehead atoms. The monoisotopic (exact) mass is 896 g/mol. The van der Waals surface area contributed by atoms with Crippen LogP contribution in [0.3, 0.4) is 0 Å². The van der Waals surface area contributed by atoms with Crippen molar-refractivity contribution in [1.82, 2.24) is 0 Å². The van der Waals surface area contributed by atoms with Gasteiger partial charge in [-0.25, -0.2) is 0 Å². The average molecular weight is 897 g/mol. The number of aliphatic hydroxyl groups is 1. The number of unbranched alkanes of at least 4 members (excludes halogenated alkanes) is 6. The molecule has 3 aliphatic heterocycles. The fraction of sp³-hybridized carbons (Fsp3) is 0.591. The Morgan fingerprint density at radius 2 is 0.721 bits per heavy atom. The van der Waals surface area contributed by atoms with E-state index in [9.17, 15) is 16.8 Å². The molecule has 0 radical (unpaired) electrons. The predicted octanol–water partition coefficient (Wildman–Crippen LogP) is 6.40. The van der Waals surface area contributed by atoms with Crippen LogP contribution in [-0.2, 0) is 66.5 Å². The zero-order valence-corrected chi connectivity index (χ0v) is 37.0. The highest BCUT2D eigenvalue weighted by molar-refractivity contribution is 7.86. The fourth-order valence-corrected chi connectivity index (χ4v) is 6.94. The third-order valence-electron chi connectivity index (χ3n) is 9.21. The van der Waals surface area contributed by atoms with Gasteiger partial charge in [-0.05, 0) is 25.7 Å². The van der Waals surface area contributed by atoms with Crippen LogP contribution in [0.4, 0.5) is 0 Å². The number of ether oxygens (including phenoxy) is 8. The van der Waals surface area contributed by atoms with Gasteiger partial charge in [-0.2, -0.15) is 16.8 Å². The van der Waals surface area contributed by atoms with Crippen LogP contribution in [0.5, 0.6) is 0 Å². The molecule has 3 aromatic rings. The summed E-state index contributed by atoms with van der Waals surface area (Å²) in [7, 11) is -6.69. The number of benzene rings is 3. The van der Waals surface area contributed by atoms with Gasteiger partial charge >= 0.3 is 0 Å². The van der Waals surface area contributed by atoms with Crippen molar-refractivity contribution in [2.45, 2.75) is 88.5 Å². The van der Waals surface area contributed by atoms with Crippen LogP contribution >= 0.6 is 0 Å². The summed E-state index contributed by atoms with van der Waals surface area (Å²) >= 11 is 0. The van der Waals surface area contributed by atoms with E-state index in [0.717, 1.165) is 80.9 Å². The lowest BCUT2D eigenvalue weighted by Gasteiger charge is -2.29. The number of aliphatic hydroxyl groups excluding tert-OH is 1. The Bertz CT molecular complexity index is 1660. The highest BCUT2D eigenvalue weighted by Crippen LogP contribution is 2.25. The van der Waals surface area contributed by atoms with Crippen molar-refractivity contribution in [3.05, 3.63) is 108 Å². The van der Waals surface area contributed by atoms with Crippen molar-refractivity contribution in [2.75, 3.05) is 78.6 Å². The van der Waals surface area contributed by atoms with Crippen LogP contribution in [0.25, 0.3) is 0 Å². The summed E-state index contributed by atoms with van der Waals surface area (Å²) in [6.45, 7) is 4.80. The molecule has 3 aliphatic rings. The lowest BCUT2D eigenvalue weighted by atomic mass is 10.2. The number of hydrogen-bond donors (Lipinski definition) is 1. The minimum Gasteiger partial charge on any atom is -0.388 e. The van der Waals surface area contributed by atoms with Crippen molar-refractivity contribution in [2.24, 2.45) is 0 Å². The van der Waals surface area contributed by atoms with E-state index in [1.807, 2.05) is 91.0 Å². The molecule has 1 N–H and O–H groups in total. The maximum absolute atomic E-state index is 10.6. The molecule has 6 rings (SSSR count). The molecular formula is C44H64O15S2.